The van der Waals surface area contributed by atoms with Crippen molar-refractivity contribution >= 4 is 28.9 Å². The Morgan fingerprint density at radius 1 is 1.05 bits per heavy atom. The van der Waals surface area contributed by atoms with Gasteiger partial charge in [-0.15, -0.1) is 0 Å². The summed E-state index contributed by atoms with van der Waals surface area (Å²) in [6.07, 6.45) is 0. The zero-order valence-corrected chi connectivity index (χ0v) is 12.1. The first-order valence-electron chi connectivity index (χ1n) is 5.95. The van der Waals surface area contributed by atoms with Crippen LogP contribution in [0.25, 0.3) is 0 Å². The molecule has 0 aliphatic rings. The second kappa shape index (κ2) is 6.80. The van der Waals surface area contributed by atoms with Crippen molar-refractivity contribution in [2.75, 3.05) is 12.4 Å². The Bertz CT molecular complexity index is 558. The smallest absolute Gasteiger partial charge is 0.0716 e. The van der Waals surface area contributed by atoms with Crippen molar-refractivity contribution in [2.24, 2.45) is 0 Å². The Labute approximate surface area is 123 Å². The molecule has 0 saturated heterocycles. The molecule has 0 radical (unpaired) electrons. The molecule has 0 aromatic heterocycles. The fraction of sp³-hybridized carbons (Fsp3) is 0.200. The molecule has 0 spiro atoms. The van der Waals surface area contributed by atoms with Crippen LogP contribution in [0.2, 0.25) is 10.0 Å². The van der Waals surface area contributed by atoms with Crippen LogP contribution >= 0.6 is 23.2 Å². The average molecular weight is 296 g/mol. The van der Waals surface area contributed by atoms with Crippen molar-refractivity contribution < 1.29 is 4.74 Å². The van der Waals surface area contributed by atoms with Gasteiger partial charge in [-0.3, -0.25) is 0 Å². The Morgan fingerprint density at radius 3 is 2.47 bits per heavy atom. The lowest BCUT2D eigenvalue weighted by Gasteiger charge is -2.12. The second-order valence-corrected chi connectivity index (χ2v) is 5.02. The molecule has 2 nitrogen and oxygen atoms in total. The van der Waals surface area contributed by atoms with E-state index in [2.05, 4.69) is 17.4 Å². The number of ether oxygens (including phenoxy) is 1. The lowest BCUT2D eigenvalue weighted by Crippen LogP contribution is -2.04. The van der Waals surface area contributed by atoms with Gasteiger partial charge in [-0.05, 0) is 29.3 Å². The number of nitrogens with one attached hydrogen (secondary N) is 1. The third-order valence-electron chi connectivity index (χ3n) is 2.82. The van der Waals surface area contributed by atoms with E-state index >= 15 is 0 Å². The van der Waals surface area contributed by atoms with E-state index in [1.165, 1.54) is 11.1 Å². The summed E-state index contributed by atoms with van der Waals surface area (Å²) in [7, 11) is 1.69. The quantitative estimate of drug-likeness (QED) is 0.859. The predicted octanol–water partition coefficient (Wildman–Crippen LogP) is 4.75. The molecule has 0 saturated carbocycles. The third-order valence-corrected chi connectivity index (χ3v) is 3.37. The molecule has 2 aromatic carbocycles. The lowest BCUT2D eigenvalue weighted by atomic mass is 10.1. The molecule has 100 valence electrons. The zero-order valence-electron chi connectivity index (χ0n) is 10.6. The van der Waals surface area contributed by atoms with Crippen LogP contribution in [0.15, 0.2) is 42.5 Å². The zero-order chi connectivity index (χ0) is 13.7. The van der Waals surface area contributed by atoms with Gasteiger partial charge < -0.3 is 10.1 Å². The van der Waals surface area contributed by atoms with Crippen LogP contribution in [0.3, 0.4) is 0 Å². The largest absolute Gasteiger partial charge is 0.380 e. The molecule has 2 aromatic rings. The van der Waals surface area contributed by atoms with Gasteiger partial charge in [0.1, 0.15) is 0 Å². The second-order valence-electron chi connectivity index (χ2n) is 4.18. The summed E-state index contributed by atoms with van der Waals surface area (Å²) in [5.74, 6) is 0. The van der Waals surface area contributed by atoms with E-state index in [4.69, 9.17) is 27.9 Å². The average Bonchev–Trinajstić information content (AvgIpc) is 2.40. The highest BCUT2D eigenvalue weighted by atomic mass is 35.5. The van der Waals surface area contributed by atoms with Crippen LogP contribution in [0, 0.1) is 0 Å². The summed E-state index contributed by atoms with van der Waals surface area (Å²) < 4.78 is 5.19. The Balaban J connectivity index is 2.10. The minimum Gasteiger partial charge on any atom is -0.380 e. The van der Waals surface area contributed by atoms with Crippen molar-refractivity contribution in [1.29, 1.82) is 0 Å². The van der Waals surface area contributed by atoms with Gasteiger partial charge in [0.15, 0.2) is 0 Å². The molecule has 0 unspecified atom stereocenters. The van der Waals surface area contributed by atoms with E-state index in [0.29, 0.717) is 23.2 Å². The Morgan fingerprint density at radius 2 is 1.79 bits per heavy atom. The summed E-state index contributed by atoms with van der Waals surface area (Å²) in [5, 5.41) is 4.57. The molecule has 2 rings (SSSR count). The number of methoxy groups -OCH3 is 1. The number of benzene rings is 2. The Kier molecular flexibility index (Phi) is 5.08. The number of hydrogen-bond donors (Lipinski definition) is 1. The van der Waals surface area contributed by atoms with Gasteiger partial charge in [0.25, 0.3) is 0 Å². The first-order chi connectivity index (χ1) is 9.20. The summed E-state index contributed by atoms with van der Waals surface area (Å²) >= 11 is 12.0. The highest BCUT2D eigenvalue weighted by Crippen LogP contribution is 2.26. The molecule has 0 amide bonds. The van der Waals surface area contributed by atoms with E-state index in [9.17, 15) is 0 Å². The van der Waals surface area contributed by atoms with Crippen molar-refractivity contribution in [3.05, 3.63) is 63.6 Å². The standard InChI is InChI=1S/C15H15Cl2NO/c1-19-10-12-5-3-2-4-11(12)9-18-15-7-6-13(16)8-14(15)17/h2-8,18H,9-10H2,1H3. The topological polar surface area (TPSA) is 21.3 Å². The number of anilines is 1. The molecule has 4 heteroatoms. The van der Waals surface area contributed by atoms with Crippen LogP contribution in [-0.4, -0.2) is 7.11 Å². The predicted molar refractivity (Wildman–Crippen MR) is 80.9 cm³/mol. The molecule has 19 heavy (non-hydrogen) atoms. The van der Waals surface area contributed by atoms with Gasteiger partial charge in [-0.1, -0.05) is 47.5 Å². The SMILES string of the molecule is COCc1ccccc1CNc1ccc(Cl)cc1Cl. The molecular formula is C15H15Cl2NO. The first-order valence-corrected chi connectivity index (χ1v) is 6.71. The maximum Gasteiger partial charge on any atom is 0.0716 e. The van der Waals surface area contributed by atoms with Crippen LogP contribution in [0.5, 0.6) is 0 Å². The first kappa shape index (κ1) is 14.2. The van der Waals surface area contributed by atoms with Crippen LogP contribution < -0.4 is 5.32 Å². The van der Waals surface area contributed by atoms with Gasteiger partial charge in [-0.25, -0.2) is 0 Å². The minimum absolute atomic E-state index is 0.603. The van der Waals surface area contributed by atoms with Crippen LogP contribution in [0.1, 0.15) is 11.1 Å². The fourth-order valence-electron chi connectivity index (χ4n) is 1.85. The van der Waals surface area contributed by atoms with Crippen molar-refractivity contribution in [1.82, 2.24) is 0 Å². The monoisotopic (exact) mass is 295 g/mol. The molecule has 0 fully saturated rings. The van der Waals surface area contributed by atoms with E-state index in [1.807, 2.05) is 24.3 Å². The highest BCUT2D eigenvalue weighted by Gasteiger charge is 2.04. The summed E-state index contributed by atoms with van der Waals surface area (Å²) in [5.41, 5.74) is 3.23. The van der Waals surface area contributed by atoms with E-state index in [-0.39, 0.29) is 0 Å². The van der Waals surface area contributed by atoms with Gasteiger partial charge in [0.05, 0.1) is 17.3 Å². The van der Waals surface area contributed by atoms with Crippen molar-refractivity contribution in [3.8, 4) is 0 Å². The maximum atomic E-state index is 6.13. The van der Waals surface area contributed by atoms with E-state index in [1.54, 1.807) is 13.2 Å². The molecule has 0 bridgehead atoms. The summed E-state index contributed by atoms with van der Waals surface area (Å²) in [6, 6.07) is 13.6. The van der Waals surface area contributed by atoms with Crippen molar-refractivity contribution in [3.63, 3.8) is 0 Å². The van der Waals surface area contributed by atoms with Crippen molar-refractivity contribution in [2.45, 2.75) is 13.2 Å². The van der Waals surface area contributed by atoms with Gasteiger partial charge in [0.2, 0.25) is 0 Å². The Hall–Kier alpha value is -1.22. The lowest BCUT2D eigenvalue weighted by molar-refractivity contribution is 0.184. The number of rotatable bonds is 5. The molecule has 0 aliphatic carbocycles. The molecular weight excluding hydrogens is 281 g/mol. The minimum atomic E-state index is 0.603. The fourth-order valence-corrected chi connectivity index (χ4v) is 2.32. The third kappa shape index (κ3) is 3.87. The van der Waals surface area contributed by atoms with Crippen LogP contribution in [0.4, 0.5) is 5.69 Å². The van der Waals surface area contributed by atoms with Crippen LogP contribution in [-0.2, 0) is 17.9 Å². The van der Waals surface area contributed by atoms with Gasteiger partial charge in [0, 0.05) is 18.7 Å². The van der Waals surface area contributed by atoms with E-state index < -0.39 is 0 Å². The highest BCUT2D eigenvalue weighted by molar-refractivity contribution is 6.36. The summed E-state index contributed by atoms with van der Waals surface area (Å²) in [6.45, 7) is 1.30. The molecule has 1 N–H and O–H groups in total. The number of halogens is 2. The molecule has 0 heterocycles. The maximum absolute atomic E-state index is 6.13. The van der Waals surface area contributed by atoms with E-state index in [0.717, 1.165) is 5.69 Å². The number of hydrogen-bond acceptors (Lipinski definition) is 2. The summed E-state index contributed by atoms with van der Waals surface area (Å²) in [4.78, 5) is 0. The normalized spacial score (nSPS) is 10.5. The van der Waals surface area contributed by atoms with Gasteiger partial charge in [-0.2, -0.15) is 0 Å². The molecule has 0 atom stereocenters. The van der Waals surface area contributed by atoms with Gasteiger partial charge >= 0.3 is 0 Å². The molecule has 0 aliphatic heterocycles.